The molecule has 0 bridgehead atoms. The first kappa shape index (κ1) is 19.4. The van der Waals surface area contributed by atoms with Crippen molar-refractivity contribution in [3.63, 3.8) is 0 Å². The fourth-order valence-electron chi connectivity index (χ4n) is 1.59. The van der Waals surface area contributed by atoms with Crippen LogP contribution >= 0.6 is 12.4 Å². The molecule has 0 heterocycles. The first-order chi connectivity index (χ1) is 9.41. The molecule has 118 valence electrons. The number of nitrogens with two attached hydrogens (primary N) is 1. The molecule has 0 radical (unpaired) electrons. The van der Waals surface area contributed by atoms with Gasteiger partial charge in [-0.15, -0.1) is 12.4 Å². The third kappa shape index (κ3) is 6.60. The van der Waals surface area contributed by atoms with Crippen molar-refractivity contribution in [2.45, 2.75) is 39.4 Å². The lowest BCUT2D eigenvalue weighted by molar-refractivity contribution is -0.130. The largest absolute Gasteiger partial charge is 0.350 e. The summed E-state index contributed by atoms with van der Waals surface area (Å²) < 4.78 is 0. The summed E-state index contributed by atoms with van der Waals surface area (Å²) >= 11 is 0. The molecule has 0 aliphatic heterocycles. The molecule has 3 unspecified atom stereocenters. The third-order valence-electron chi connectivity index (χ3n) is 3.26. The highest BCUT2D eigenvalue weighted by Crippen LogP contribution is 2.01. The van der Waals surface area contributed by atoms with Crippen molar-refractivity contribution >= 4 is 24.2 Å². The number of hydrogen-bond donors (Lipinski definition) is 3. The molecule has 3 atom stereocenters. The highest BCUT2D eigenvalue weighted by Gasteiger charge is 2.21. The Morgan fingerprint density at radius 1 is 1.10 bits per heavy atom. The number of benzene rings is 1. The monoisotopic (exact) mass is 313 g/mol. The summed E-state index contributed by atoms with van der Waals surface area (Å²) in [6.07, 6.45) is 0. The number of nitrogens with one attached hydrogen (secondary N) is 2. The van der Waals surface area contributed by atoms with Gasteiger partial charge in [0.2, 0.25) is 11.8 Å². The van der Waals surface area contributed by atoms with Crippen LogP contribution in [0.2, 0.25) is 0 Å². The zero-order valence-corrected chi connectivity index (χ0v) is 13.4. The number of amides is 2. The Bertz CT molecular complexity index is 451. The number of hydrogen-bond acceptors (Lipinski definition) is 3. The molecule has 0 fully saturated rings. The third-order valence-corrected chi connectivity index (χ3v) is 3.26. The van der Waals surface area contributed by atoms with Crippen LogP contribution in [0.25, 0.3) is 0 Å². The van der Waals surface area contributed by atoms with Crippen molar-refractivity contribution < 1.29 is 9.59 Å². The van der Waals surface area contributed by atoms with Crippen LogP contribution < -0.4 is 16.4 Å². The van der Waals surface area contributed by atoms with Crippen molar-refractivity contribution in [1.29, 1.82) is 0 Å². The summed E-state index contributed by atoms with van der Waals surface area (Å²) in [7, 11) is 0. The van der Waals surface area contributed by atoms with Gasteiger partial charge in [-0.1, -0.05) is 37.3 Å². The Kier molecular flexibility index (Phi) is 8.66. The molecule has 0 spiro atoms. The molecular formula is C15H24ClN3O2. The Balaban J connectivity index is 0.00000400. The maximum Gasteiger partial charge on any atom is 0.242 e. The van der Waals surface area contributed by atoms with Crippen LogP contribution in [0.5, 0.6) is 0 Å². The molecule has 0 saturated heterocycles. The van der Waals surface area contributed by atoms with Gasteiger partial charge in [0.1, 0.15) is 6.04 Å². The smallest absolute Gasteiger partial charge is 0.242 e. The molecule has 0 aromatic heterocycles. The SMILES string of the molecule is CC(NC(=O)C(C)C(C)N)C(=O)NCc1ccccc1.Cl. The Morgan fingerprint density at radius 2 is 1.67 bits per heavy atom. The average Bonchev–Trinajstić information content (AvgIpc) is 2.44. The molecule has 5 nitrogen and oxygen atoms in total. The standard InChI is InChI=1S/C15H23N3O2.ClH/c1-10(11(2)16)14(19)18-12(3)15(20)17-9-13-7-5-4-6-8-13;/h4-8,10-12H,9,16H2,1-3H3,(H,17,20)(H,18,19);1H. The minimum Gasteiger partial charge on any atom is -0.350 e. The maximum absolute atomic E-state index is 11.9. The van der Waals surface area contributed by atoms with Crippen LogP contribution in [0.3, 0.4) is 0 Å². The quantitative estimate of drug-likeness (QED) is 0.738. The molecule has 1 aromatic carbocycles. The molecular weight excluding hydrogens is 290 g/mol. The zero-order chi connectivity index (χ0) is 15.1. The van der Waals surface area contributed by atoms with E-state index < -0.39 is 6.04 Å². The van der Waals surface area contributed by atoms with Crippen LogP contribution in [0.4, 0.5) is 0 Å². The first-order valence-electron chi connectivity index (χ1n) is 6.79. The van der Waals surface area contributed by atoms with E-state index in [1.165, 1.54) is 0 Å². The Hall–Kier alpha value is -1.59. The van der Waals surface area contributed by atoms with Gasteiger partial charge in [0.25, 0.3) is 0 Å². The lowest BCUT2D eigenvalue weighted by Gasteiger charge is -2.19. The molecule has 21 heavy (non-hydrogen) atoms. The van der Waals surface area contributed by atoms with Crippen molar-refractivity contribution in [3.05, 3.63) is 35.9 Å². The van der Waals surface area contributed by atoms with Crippen molar-refractivity contribution in [1.82, 2.24) is 10.6 Å². The number of rotatable bonds is 6. The minimum absolute atomic E-state index is 0. The summed E-state index contributed by atoms with van der Waals surface area (Å²) in [5.41, 5.74) is 6.68. The predicted molar refractivity (Wildman–Crippen MR) is 86.0 cm³/mol. The van der Waals surface area contributed by atoms with Crippen LogP contribution in [0.1, 0.15) is 26.3 Å². The van der Waals surface area contributed by atoms with Crippen LogP contribution in [0, 0.1) is 5.92 Å². The highest BCUT2D eigenvalue weighted by molar-refractivity contribution is 5.88. The van der Waals surface area contributed by atoms with Crippen molar-refractivity contribution in [2.75, 3.05) is 0 Å². The Morgan fingerprint density at radius 3 is 2.19 bits per heavy atom. The topological polar surface area (TPSA) is 84.2 Å². The van der Waals surface area contributed by atoms with Gasteiger partial charge in [0, 0.05) is 18.5 Å². The summed E-state index contributed by atoms with van der Waals surface area (Å²) in [4.78, 5) is 23.7. The summed E-state index contributed by atoms with van der Waals surface area (Å²) in [6, 6.07) is 8.79. The molecule has 2 amide bonds. The van der Waals surface area contributed by atoms with E-state index in [9.17, 15) is 9.59 Å². The fraction of sp³-hybridized carbons (Fsp3) is 0.467. The van der Waals surface area contributed by atoms with E-state index in [0.29, 0.717) is 6.54 Å². The molecule has 4 N–H and O–H groups in total. The van der Waals surface area contributed by atoms with E-state index in [-0.39, 0.29) is 36.2 Å². The zero-order valence-electron chi connectivity index (χ0n) is 12.6. The van der Waals surface area contributed by atoms with Crippen LogP contribution in [0.15, 0.2) is 30.3 Å². The normalized spacial score (nSPS) is 14.3. The fourth-order valence-corrected chi connectivity index (χ4v) is 1.59. The van der Waals surface area contributed by atoms with E-state index in [1.807, 2.05) is 30.3 Å². The van der Waals surface area contributed by atoms with Gasteiger partial charge in [-0.25, -0.2) is 0 Å². The van der Waals surface area contributed by atoms with Gasteiger partial charge in [-0.2, -0.15) is 0 Å². The second-order valence-corrected chi connectivity index (χ2v) is 5.08. The minimum atomic E-state index is -0.576. The van der Waals surface area contributed by atoms with E-state index in [2.05, 4.69) is 10.6 Å². The van der Waals surface area contributed by atoms with Gasteiger partial charge in [0.05, 0.1) is 0 Å². The first-order valence-corrected chi connectivity index (χ1v) is 6.79. The highest BCUT2D eigenvalue weighted by atomic mass is 35.5. The van der Waals surface area contributed by atoms with Crippen molar-refractivity contribution in [3.8, 4) is 0 Å². The molecule has 1 rings (SSSR count). The van der Waals surface area contributed by atoms with E-state index >= 15 is 0 Å². The Labute approximate surface area is 132 Å². The lowest BCUT2D eigenvalue weighted by atomic mass is 10.0. The molecule has 6 heteroatoms. The number of carbonyl (C=O) groups excluding carboxylic acids is 2. The van der Waals surface area contributed by atoms with Crippen LogP contribution in [-0.2, 0) is 16.1 Å². The second kappa shape index (κ2) is 9.37. The van der Waals surface area contributed by atoms with E-state index in [4.69, 9.17) is 5.73 Å². The summed E-state index contributed by atoms with van der Waals surface area (Å²) in [6.45, 7) is 5.62. The number of halogens is 1. The van der Waals surface area contributed by atoms with Gasteiger partial charge >= 0.3 is 0 Å². The molecule has 1 aromatic rings. The van der Waals surface area contributed by atoms with Crippen molar-refractivity contribution in [2.24, 2.45) is 11.7 Å². The number of carbonyl (C=O) groups is 2. The lowest BCUT2D eigenvalue weighted by Crippen LogP contribution is -2.48. The van der Waals surface area contributed by atoms with E-state index in [1.54, 1.807) is 20.8 Å². The predicted octanol–water partition coefficient (Wildman–Crippen LogP) is 1.21. The van der Waals surface area contributed by atoms with Crippen LogP contribution in [-0.4, -0.2) is 23.9 Å². The second-order valence-electron chi connectivity index (χ2n) is 5.08. The van der Waals surface area contributed by atoms with Gasteiger partial charge < -0.3 is 16.4 Å². The molecule has 0 aliphatic rings. The van der Waals surface area contributed by atoms with Gasteiger partial charge in [-0.05, 0) is 19.4 Å². The van der Waals surface area contributed by atoms with E-state index in [0.717, 1.165) is 5.56 Å². The average molecular weight is 314 g/mol. The maximum atomic E-state index is 11.9. The van der Waals surface area contributed by atoms with Gasteiger partial charge in [0.15, 0.2) is 0 Å². The summed E-state index contributed by atoms with van der Waals surface area (Å²) in [5.74, 6) is -0.735. The molecule has 0 aliphatic carbocycles. The molecule has 0 saturated carbocycles. The van der Waals surface area contributed by atoms with Gasteiger partial charge in [-0.3, -0.25) is 9.59 Å². The summed E-state index contributed by atoms with van der Waals surface area (Å²) in [5, 5.41) is 5.45.